The number of amides is 4. The molecule has 2 aliphatic rings. The van der Waals surface area contributed by atoms with Crippen molar-refractivity contribution in [2.24, 2.45) is 5.41 Å². The van der Waals surface area contributed by atoms with Gasteiger partial charge in [-0.1, -0.05) is 77.1 Å². The van der Waals surface area contributed by atoms with E-state index in [0.717, 1.165) is 98.3 Å². The Morgan fingerprint density at radius 1 is 0.937 bits per heavy atom. The number of aryl methyl sites for hydroxylation is 2. The number of benzene rings is 2. The molecular formula is C49H73N7O6S. The number of thiazole rings is 1. The Bertz CT molecular complexity index is 1970. The Balaban J connectivity index is 0.934. The van der Waals surface area contributed by atoms with E-state index in [-0.39, 0.29) is 49.2 Å². The van der Waals surface area contributed by atoms with Gasteiger partial charge in [0.2, 0.25) is 23.6 Å². The average molecular weight is 888 g/mol. The number of aromatic nitrogens is 1. The number of unbranched alkanes of at least 4 members (excludes halogenated alkanes) is 6. The SMILES string of the molecule is Cc1cc(N)c(OC(C)C)cc1C1CCN(CC(=O)NCCCCCCCCCC(=O)N[C@H](C(=O)N2C[C@H](O)C[C@H]2C(=O)NCc2ccc(-c3scnc3C)cc2)C(C)(C)C)CC1. The van der Waals surface area contributed by atoms with Crippen molar-refractivity contribution in [2.45, 2.75) is 156 Å². The normalized spacial score (nSPS) is 17.8. The van der Waals surface area contributed by atoms with E-state index in [1.165, 1.54) is 16.0 Å². The minimum absolute atomic E-state index is 0.0382. The van der Waals surface area contributed by atoms with Crippen molar-refractivity contribution < 1.29 is 29.0 Å². The summed E-state index contributed by atoms with van der Waals surface area (Å²) in [4.78, 5) is 62.3. The fourth-order valence-electron chi connectivity index (χ4n) is 8.72. The second-order valence-corrected chi connectivity index (χ2v) is 19.8. The maximum absolute atomic E-state index is 14.0. The van der Waals surface area contributed by atoms with Gasteiger partial charge in [-0.2, -0.15) is 0 Å². The Hall–Kier alpha value is -4.53. The molecule has 3 aromatic rings. The Morgan fingerprint density at radius 3 is 2.24 bits per heavy atom. The number of ether oxygens (including phenoxy) is 1. The number of carbonyl (C=O) groups is 4. The van der Waals surface area contributed by atoms with Crippen molar-refractivity contribution in [3.8, 4) is 16.2 Å². The van der Waals surface area contributed by atoms with Gasteiger partial charge < -0.3 is 36.4 Å². The van der Waals surface area contributed by atoms with Crippen LogP contribution in [0.4, 0.5) is 5.69 Å². The van der Waals surface area contributed by atoms with Gasteiger partial charge in [-0.3, -0.25) is 24.1 Å². The molecule has 346 valence electrons. The smallest absolute Gasteiger partial charge is 0.246 e. The van der Waals surface area contributed by atoms with Crippen LogP contribution in [0.2, 0.25) is 0 Å². The summed E-state index contributed by atoms with van der Waals surface area (Å²) in [6, 6.07) is 10.4. The maximum atomic E-state index is 14.0. The Morgan fingerprint density at radius 2 is 1.60 bits per heavy atom. The van der Waals surface area contributed by atoms with E-state index < -0.39 is 23.6 Å². The van der Waals surface area contributed by atoms with E-state index in [1.807, 2.05) is 77.4 Å². The molecule has 0 saturated carbocycles. The number of β-amino-alcohol motifs (C(OH)–C–C–N with tert-alkyl or cyclic N) is 1. The average Bonchev–Trinajstić information content (AvgIpc) is 3.85. The molecule has 2 aliphatic heterocycles. The standard InChI is InChI=1S/C49H73N7O6S/c1-32(2)62-42-27-39(33(3)25-40(42)50)36-20-23-55(24-21-36)30-44(59)51-22-14-12-10-8-9-11-13-15-43(58)54-46(49(5,6)7)48(61)56-29-38(57)26-41(56)47(60)52-28-35-16-18-37(19-17-35)45-34(4)53-31-63-45/h16-19,25,27,31-32,36,38,41,46,57H,8-15,20-24,26,28-30,50H2,1-7H3,(H,51,59)(H,52,60)(H,54,58)/t38-,41+,46-/m1/s1. The molecule has 0 spiro atoms. The van der Waals surface area contributed by atoms with Crippen LogP contribution in [-0.4, -0.2) is 101 Å². The number of nitrogen functional groups attached to an aromatic ring is 1. The summed E-state index contributed by atoms with van der Waals surface area (Å²) in [5.74, 6) is 0.394. The Kier molecular flexibility index (Phi) is 18.4. The van der Waals surface area contributed by atoms with Gasteiger partial charge in [0, 0.05) is 32.5 Å². The van der Waals surface area contributed by atoms with Gasteiger partial charge in [0.05, 0.1) is 40.5 Å². The van der Waals surface area contributed by atoms with E-state index in [1.54, 1.807) is 11.3 Å². The lowest BCUT2D eigenvalue weighted by molar-refractivity contribution is -0.144. The van der Waals surface area contributed by atoms with Crippen molar-refractivity contribution in [1.29, 1.82) is 0 Å². The van der Waals surface area contributed by atoms with Gasteiger partial charge in [-0.05, 0) is 112 Å². The van der Waals surface area contributed by atoms with Crippen LogP contribution in [0.3, 0.4) is 0 Å². The fraction of sp³-hybridized carbons (Fsp3) is 0.612. The molecule has 2 saturated heterocycles. The molecule has 0 unspecified atom stereocenters. The molecule has 3 heterocycles. The molecule has 14 heteroatoms. The molecule has 2 fully saturated rings. The molecule has 2 aromatic carbocycles. The lowest BCUT2D eigenvalue weighted by Crippen LogP contribution is -2.57. The van der Waals surface area contributed by atoms with Crippen LogP contribution >= 0.6 is 11.3 Å². The zero-order valence-electron chi connectivity index (χ0n) is 38.8. The fourth-order valence-corrected chi connectivity index (χ4v) is 9.53. The first-order chi connectivity index (χ1) is 30.0. The third kappa shape index (κ3) is 14.8. The van der Waals surface area contributed by atoms with Crippen molar-refractivity contribution >= 4 is 40.7 Å². The number of hydrogen-bond acceptors (Lipinski definition) is 10. The third-order valence-corrected chi connectivity index (χ3v) is 13.2. The molecule has 13 nitrogen and oxygen atoms in total. The molecular weight excluding hydrogens is 815 g/mol. The zero-order valence-corrected chi connectivity index (χ0v) is 39.6. The number of rotatable bonds is 21. The number of hydrogen-bond donors (Lipinski definition) is 5. The van der Waals surface area contributed by atoms with Gasteiger partial charge >= 0.3 is 0 Å². The van der Waals surface area contributed by atoms with E-state index in [0.29, 0.717) is 31.1 Å². The third-order valence-electron chi connectivity index (χ3n) is 12.3. The summed E-state index contributed by atoms with van der Waals surface area (Å²) >= 11 is 1.59. The number of nitrogens with two attached hydrogens (primary N) is 1. The van der Waals surface area contributed by atoms with Gasteiger partial charge in [-0.15, -0.1) is 11.3 Å². The lowest BCUT2D eigenvalue weighted by atomic mass is 9.85. The first kappa shape index (κ1) is 49.5. The first-order valence-electron chi connectivity index (χ1n) is 23.1. The van der Waals surface area contributed by atoms with Crippen molar-refractivity contribution in [1.82, 2.24) is 30.7 Å². The first-order valence-corrected chi connectivity index (χ1v) is 24.0. The second-order valence-electron chi connectivity index (χ2n) is 19.0. The topological polar surface area (TPSA) is 179 Å². The highest BCUT2D eigenvalue weighted by molar-refractivity contribution is 7.13. The van der Waals surface area contributed by atoms with Crippen LogP contribution < -0.4 is 26.4 Å². The number of likely N-dealkylation sites (tertiary alicyclic amines) is 2. The number of carbonyl (C=O) groups excluding carboxylic acids is 4. The van der Waals surface area contributed by atoms with E-state index in [4.69, 9.17) is 10.5 Å². The molecule has 1 aromatic heterocycles. The predicted octanol–water partition coefficient (Wildman–Crippen LogP) is 7.02. The summed E-state index contributed by atoms with van der Waals surface area (Å²) in [5, 5.41) is 19.6. The molecule has 0 bridgehead atoms. The van der Waals surface area contributed by atoms with Crippen LogP contribution in [-0.2, 0) is 25.7 Å². The molecule has 6 N–H and O–H groups in total. The van der Waals surface area contributed by atoms with Gasteiger partial charge in [-0.25, -0.2) is 4.98 Å². The largest absolute Gasteiger partial charge is 0.489 e. The monoisotopic (exact) mass is 888 g/mol. The minimum Gasteiger partial charge on any atom is -0.489 e. The second kappa shape index (κ2) is 23.4. The van der Waals surface area contributed by atoms with Gasteiger partial charge in [0.15, 0.2) is 0 Å². The van der Waals surface area contributed by atoms with E-state index in [2.05, 4.69) is 38.8 Å². The van der Waals surface area contributed by atoms with Crippen LogP contribution in [0, 0.1) is 19.3 Å². The van der Waals surface area contributed by atoms with Crippen LogP contribution in [0.1, 0.15) is 134 Å². The number of aliphatic hydroxyl groups excluding tert-OH is 1. The highest BCUT2D eigenvalue weighted by Gasteiger charge is 2.44. The molecule has 3 atom stereocenters. The number of nitrogens with zero attached hydrogens (tertiary/aromatic N) is 3. The summed E-state index contributed by atoms with van der Waals surface area (Å²) < 4.78 is 5.94. The molecule has 0 radical (unpaired) electrons. The highest BCUT2D eigenvalue weighted by Crippen LogP contribution is 2.36. The van der Waals surface area contributed by atoms with Crippen molar-refractivity contribution in [3.63, 3.8) is 0 Å². The minimum atomic E-state index is -0.843. The quantitative estimate of drug-likeness (QED) is 0.0555. The summed E-state index contributed by atoms with van der Waals surface area (Å²) in [5.41, 5.74) is 13.6. The molecule has 63 heavy (non-hydrogen) atoms. The number of piperidine rings is 1. The van der Waals surface area contributed by atoms with Gasteiger partial charge in [0.1, 0.15) is 17.8 Å². The zero-order chi connectivity index (χ0) is 45.7. The van der Waals surface area contributed by atoms with Crippen molar-refractivity contribution in [2.75, 3.05) is 38.5 Å². The molecule has 4 amide bonds. The van der Waals surface area contributed by atoms with Crippen LogP contribution in [0.5, 0.6) is 5.75 Å². The van der Waals surface area contributed by atoms with Gasteiger partial charge in [0.25, 0.3) is 0 Å². The Labute approximate surface area is 379 Å². The highest BCUT2D eigenvalue weighted by atomic mass is 32.1. The predicted molar refractivity (Wildman–Crippen MR) is 251 cm³/mol. The van der Waals surface area contributed by atoms with Crippen LogP contribution in [0.25, 0.3) is 10.4 Å². The number of anilines is 1. The molecule has 0 aliphatic carbocycles. The summed E-state index contributed by atoms with van der Waals surface area (Å²) in [6.45, 7) is 17.0. The van der Waals surface area contributed by atoms with Crippen LogP contribution in [0.15, 0.2) is 41.9 Å². The number of aliphatic hydroxyl groups is 1. The lowest BCUT2D eigenvalue weighted by Gasteiger charge is -2.35. The molecule has 5 rings (SSSR count). The van der Waals surface area contributed by atoms with E-state index in [9.17, 15) is 24.3 Å². The maximum Gasteiger partial charge on any atom is 0.246 e. The summed E-state index contributed by atoms with van der Waals surface area (Å²) in [6.07, 6.45) is 8.44. The van der Waals surface area contributed by atoms with E-state index >= 15 is 0 Å². The number of nitrogens with one attached hydrogen (secondary N) is 3. The van der Waals surface area contributed by atoms with Crippen molar-refractivity contribution in [3.05, 3.63) is 64.3 Å². The summed E-state index contributed by atoms with van der Waals surface area (Å²) in [7, 11) is 0.